The molecule has 2 rings (SSSR count). The molecule has 0 saturated heterocycles. The molecule has 1 aliphatic carbocycles. The molecule has 0 heterocycles. The van der Waals surface area contributed by atoms with Crippen LogP contribution in [0.15, 0.2) is 30.3 Å². The molecule has 1 atom stereocenters. The van der Waals surface area contributed by atoms with Crippen LogP contribution in [0, 0.1) is 0 Å². The van der Waals surface area contributed by atoms with Gasteiger partial charge in [0, 0.05) is 0 Å². The fourth-order valence-electron chi connectivity index (χ4n) is 2.78. The Bertz CT molecular complexity index is 380. The summed E-state index contributed by atoms with van der Waals surface area (Å²) in [5.74, 6) is -1.73. The van der Waals surface area contributed by atoms with Gasteiger partial charge in [-0.15, -0.1) is 0 Å². The van der Waals surface area contributed by atoms with Crippen molar-refractivity contribution in [2.45, 2.75) is 43.6 Å². The van der Waals surface area contributed by atoms with Crippen LogP contribution in [0.25, 0.3) is 0 Å². The van der Waals surface area contributed by atoms with Crippen molar-refractivity contribution in [2.24, 2.45) is 0 Å². The molecular weight excluding hydrogens is 216 g/mol. The summed E-state index contributed by atoms with van der Waals surface area (Å²) < 4.78 is 0. The molecule has 1 aromatic carbocycles. The summed E-state index contributed by atoms with van der Waals surface area (Å²) in [5.41, 5.74) is -0.379. The van der Waals surface area contributed by atoms with Gasteiger partial charge in [-0.1, -0.05) is 49.6 Å². The van der Waals surface area contributed by atoms with Crippen molar-refractivity contribution in [3.63, 3.8) is 0 Å². The standard InChI is InChI=1S/C14H18O3/c15-13(16)12(11-7-3-1-4-8-11)14(17)9-5-2-6-10-14/h1,3-4,7-8,12,17H,2,5-6,9-10H2,(H,15,16)/t12-/m0/s1. The number of hydrogen-bond donors (Lipinski definition) is 2. The van der Waals surface area contributed by atoms with Crippen molar-refractivity contribution in [3.05, 3.63) is 35.9 Å². The van der Waals surface area contributed by atoms with Crippen LogP contribution < -0.4 is 0 Å². The summed E-state index contributed by atoms with van der Waals surface area (Å²) in [5, 5.41) is 20.0. The molecule has 1 fully saturated rings. The number of rotatable bonds is 3. The van der Waals surface area contributed by atoms with Gasteiger partial charge in [-0.2, -0.15) is 0 Å². The summed E-state index contributed by atoms with van der Waals surface area (Å²) in [6, 6.07) is 9.05. The van der Waals surface area contributed by atoms with Crippen LogP contribution in [0.3, 0.4) is 0 Å². The number of hydrogen-bond acceptors (Lipinski definition) is 2. The number of carboxylic acid groups (broad SMARTS) is 1. The first-order chi connectivity index (χ1) is 8.13. The Labute approximate surface area is 101 Å². The Morgan fingerprint density at radius 2 is 1.71 bits per heavy atom. The van der Waals surface area contributed by atoms with Crippen LogP contribution in [0.5, 0.6) is 0 Å². The van der Waals surface area contributed by atoms with Crippen LogP contribution in [-0.4, -0.2) is 21.8 Å². The summed E-state index contributed by atoms with van der Waals surface area (Å²) in [4.78, 5) is 11.4. The highest BCUT2D eigenvalue weighted by molar-refractivity contribution is 5.77. The maximum absolute atomic E-state index is 11.4. The summed E-state index contributed by atoms with van der Waals surface area (Å²) in [6.07, 6.45) is 4.07. The van der Waals surface area contributed by atoms with Crippen molar-refractivity contribution in [3.8, 4) is 0 Å². The molecule has 92 valence electrons. The fraction of sp³-hybridized carbons (Fsp3) is 0.500. The van der Waals surface area contributed by atoms with Crippen molar-refractivity contribution in [2.75, 3.05) is 0 Å². The normalized spacial score (nSPS) is 20.8. The zero-order chi connectivity index (χ0) is 12.3. The van der Waals surface area contributed by atoms with Crippen LogP contribution in [0.2, 0.25) is 0 Å². The lowest BCUT2D eigenvalue weighted by Crippen LogP contribution is -2.42. The highest BCUT2D eigenvalue weighted by Crippen LogP contribution is 2.39. The summed E-state index contributed by atoms with van der Waals surface area (Å²) in [7, 11) is 0. The van der Waals surface area contributed by atoms with Gasteiger partial charge in [-0.05, 0) is 18.4 Å². The van der Waals surface area contributed by atoms with E-state index in [1.54, 1.807) is 12.1 Å². The van der Waals surface area contributed by atoms with Gasteiger partial charge in [0.1, 0.15) is 5.92 Å². The number of benzene rings is 1. The van der Waals surface area contributed by atoms with Gasteiger partial charge in [0.2, 0.25) is 0 Å². The largest absolute Gasteiger partial charge is 0.481 e. The maximum Gasteiger partial charge on any atom is 0.313 e. The molecule has 3 heteroatoms. The molecule has 0 aromatic heterocycles. The number of aliphatic hydroxyl groups is 1. The molecule has 17 heavy (non-hydrogen) atoms. The summed E-state index contributed by atoms with van der Waals surface area (Å²) in [6.45, 7) is 0. The van der Waals surface area contributed by atoms with Gasteiger partial charge in [0.25, 0.3) is 0 Å². The van der Waals surface area contributed by atoms with Gasteiger partial charge in [-0.3, -0.25) is 4.79 Å². The molecule has 2 N–H and O–H groups in total. The molecular formula is C14H18O3. The minimum absolute atomic E-state index is 0.582. The third-order valence-electron chi connectivity index (χ3n) is 3.64. The monoisotopic (exact) mass is 234 g/mol. The van der Waals surface area contributed by atoms with E-state index in [1.807, 2.05) is 18.2 Å². The quantitative estimate of drug-likeness (QED) is 0.845. The first-order valence-electron chi connectivity index (χ1n) is 6.14. The van der Waals surface area contributed by atoms with Crippen LogP contribution >= 0.6 is 0 Å². The Morgan fingerprint density at radius 1 is 1.12 bits per heavy atom. The van der Waals surface area contributed by atoms with Crippen LogP contribution in [-0.2, 0) is 4.79 Å². The molecule has 0 spiro atoms. The van der Waals surface area contributed by atoms with Gasteiger partial charge < -0.3 is 10.2 Å². The molecule has 1 aromatic rings. The zero-order valence-electron chi connectivity index (χ0n) is 9.80. The van der Waals surface area contributed by atoms with Gasteiger partial charge in [-0.25, -0.2) is 0 Å². The predicted octanol–water partition coefficient (Wildman–Crippen LogP) is 2.55. The Hall–Kier alpha value is -1.35. The molecule has 0 aliphatic heterocycles. The van der Waals surface area contributed by atoms with E-state index in [1.165, 1.54) is 0 Å². The molecule has 0 amide bonds. The molecule has 3 nitrogen and oxygen atoms in total. The van der Waals surface area contributed by atoms with Gasteiger partial charge in [0.15, 0.2) is 0 Å². The topological polar surface area (TPSA) is 57.5 Å². The smallest absolute Gasteiger partial charge is 0.313 e. The van der Waals surface area contributed by atoms with E-state index in [-0.39, 0.29) is 0 Å². The SMILES string of the molecule is O=C(O)[C@H](c1ccccc1)C1(O)CCCCC1. The Kier molecular flexibility index (Phi) is 3.48. The van der Waals surface area contributed by atoms with E-state index in [9.17, 15) is 15.0 Å². The van der Waals surface area contributed by atoms with E-state index in [2.05, 4.69) is 0 Å². The Morgan fingerprint density at radius 3 is 2.24 bits per heavy atom. The second-order valence-corrected chi connectivity index (χ2v) is 4.85. The number of carboxylic acids is 1. The first-order valence-corrected chi connectivity index (χ1v) is 6.14. The molecule has 0 radical (unpaired) electrons. The summed E-state index contributed by atoms with van der Waals surface area (Å²) >= 11 is 0. The van der Waals surface area contributed by atoms with Gasteiger partial charge >= 0.3 is 5.97 Å². The van der Waals surface area contributed by atoms with E-state index in [0.717, 1.165) is 19.3 Å². The third-order valence-corrected chi connectivity index (χ3v) is 3.64. The third kappa shape index (κ3) is 2.50. The van der Waals surface area contributed by atoms with Crippen molar-refractivity contribution >= 4 is 5.97 Å². The second kappa shape index (κ2) is 4.88. The fourth-order valence-corrected chi connectivity index (χ4v) is 2.78. The predicted molar refractivity (Wildman–Crippen MR) is 64.9 cm³/mol. The van der Waals surface area contributed by atoms with E-state index in [0.29, 0.717) is 18.4 Å². The van der Waals surface area contributed by atoms with Crippen molar-refractivity contribution < 1.29 is 15.0 Å². The van der Waals surface area contributed by atoms with E-state index >= 15 is 0 Å². The van der Waals surface area contributed by atoms with E-state index in [4.69, 9.17) is 0 Å². The minimum atomic E-state index is -1.08. The molecule has 1 saturated carbocycles. The highest BCUT2D eigenvalue weighted by atomic mass is 16.4. The number of carbonyl (C=O) groups is 1. The Balaban J connectivity index is 2.32. The number of aliphatic carboxylic acids is 1. The first kappa shape index (κ1) is 12.1. The molecule has 0 bridgehead atoms. The molecule has 1 aliphatic rings. The molecule has 0 unspecified atom stereocenters. The lowest BCUT2D eigenvalue weighted by atomic mass is 9.73. The van der Waals surface area contributed by atoms with Crippen molar-refractivity contribution in [1.29, 1.82) is 0 Å². The van der Waals surface area contributed by atoms with Crippen LogP contribution in [0.4, 0.5) is 0 Å². The second-order valence-electron chi connectivity index (χ2n) is 4.85. The lowest BCUT2D eigenvalue weighted by Gasteiger charge is -2.37. The maximum atomic E-state index is 11.4. The highest BCUT2D eigenvalue weighted by Gasteiger charge is 2.43. The van der Waals surface area contributed by atoms with Gasteiger partial charge in [0.05, 0.1) is 5.60 Å². The van der Waals surface area contributed by atoms with E-state index < -0.39 is 17.5 Å². The average molecular weight is 234 g/mol. The average Bonchev–Trinajstić information content (AvgIpc) is 2.30. The minimum Gasteiger partial charge on any atom is -0.481 e. The lowest BCUT2D eigenvalue weighted by molar-refractivity contribution is -0.147. The van der Waals surface area contributed by atoms with Crippen molar-refractivity contribution in [1.82, 2.24) is 0 Å². The van der Waals surface area contributed by atoms with Crippen LogP contribution in [0.1, 0.15) is 43.6 Å². The zero-order valence-corrected chi connectivity index (χ0v) is 9.80.